The van der Waals surface area contributed by atoms with Gasteiger partial charge in [0.1, 0.15) is 17.5 Å². The summed E-state index contributed by atoms with van der Waals surface area (Å²) in [5.41, 5.74) is 5.45. The van der Waals surface area contributed by atoms with Gasteiger partial charge in [-0.25, -0.2) is 13.2 Å². The highest BCUT2D eigenvalue weighted by Gasteiger charge is 2.22. The summed E-state index contributed by atoms with van der Waals surface area (Å²) in [6, 6.07) is 6.45. The van der Waals surface area contributed by atoms with Gasteiger partial charge in [-0.05, 0) is 24.3 Å². The molecule has 0 fully saturated rings. The SMILES string of the molecule is NC(c1c(F)cccc1F)c1c(F)cccc1Br. The number of benzene rings is 2. The lowest BCUT2D eigenvalue weighted by Gasteiger charge is -2.16. The van der Waals surface area contributed by atoms with E-state index in [9.17, 15) is 13.2 Å². The molecule has 0 bridgehead atoms. The summed E-state index contributed by atoms with van der Waals surface area (Å²) < 4.78 is 41.3. The predicted octanol–water partition coefficient (Wildman–Crippen LogP) is 3.91. The maximum Gasteiger partial charge on any atom is 0.131 e. The third-order valence-electron chi connectivity index (χ3n) is 2.62. The van der Waals surface area contributed by atoms with E-state index < -0.39 is 23.5 Å². The molecule has 18 heavy (non-hydrogen) atoms. The van der Waals surface area contributed by atoms with Crippen LogP contribution in [-0.2, 0) is 0 Å². The van der Waals surface area contributed by atoms with Crippen molar-refractivity contribution in [1.82, 2.24) is 0 Å². The molecule has 1 unspecified atom stereocenters. The molecule has 0 heterocycles. The molecule has 2 aromatic carbocycles. The van der Waals surface area contributed by atoms with Crippen molar-refractivity contribution in [3.8, 4) is 0 Å². The number of hydrogen-bond acceptors (Lipinski definition) is 1. The van der Waals surface area contributed by atoms with Gasteiger partial charge in [0.25, 0.3) is 0 Å². The highest BCUT2D eigenvalue weighted by atomic mass is 79.9. The molecule has 1 nitrogen and oxygen atoms in total. The minimum atomic E-state index is -1.21. The number of halogens is 4. The van der Waals surface area contributed by atoms with Gasteiger partial charge >= 0.3 is 0 Å². The second-order valence-electron chi connectivity index (χ2n) is 3.75. The molecule has 94 valence electrons. The molecule has 0 aromatic heterocycles. The van der Waals surface area contributed by atoms with Crippen LogP contribution >= 0.6 is 15.9 Å². The first-order valence-electron chi connectivity index (χ1n) is 5.15. The third kappa shape index (κ3) is 2.28. The molecule has 0 amide bonds. The minimum absolute atomic E-state index is 0.0292. The molecule has 0 spiro atoms. The first-order valence-corrected chi connectivity index (χ1v) is 5.95. The number of hydrogen-bond donors (Lipinski definition) is 1. The van der Waals surface area contributed by atoms with Crippen LogP contribution in [0.2, 0.25) is 0 Å². The molecular formula is C13H9BrF3N. The molecule has 2 N–H and O–H groups in total. The van der Waals surface area contributed by atoms with Crippen LogP contribution in [0, 0.1) is 17.5 Å². The maximum absolute atomic E-state index is 13.7. The Bertz CT molecular complexity index is 494. The van der Waals surface area contributed by atoms with Crippen LogP contribution in [0.4, 0.5) is 13.2 Å². The van der Waals surface area contributed by atoms with Crippen molar-refractivity contribution in [2.45, 2.75) is 6.04 Å². The van der Waals surface area contributed by atoms with Crippen molar-refractivity contribution in [3.63, 3.8) is 0 Å². The second-order valence-corrected chi connectivity index (χ2v) is 4.60. The van der Waals surface area contributed by atoms with Crippen LogP contribution in [0.25, 0.3) is 0 Å². The molecule has 0 aliphatic rings. The van der Waals surface area contributed by atoms with Crippen LogP contribution in [0.15, 0.2) is 40.9 Å². The van der Waals surface area contributed by atoms with E-state index in [1.807, 2.05) is 0 Å². The van der Waals surface area contributed by atoms with Crippen molar-refractivity contribution < 1.29 is 13.2 Å². The van der Waals surface area contributed by atoms with E-state index in [4.69, 9.17) is 5.73 Å². The Balaban J connectivity index is 2.58. The van der Waals surface area contributed by atoms with Gasteiger partial charge in [-0.3, -0.25) is 0 Å². The van der Waals surface area contributed by atoms with Gasteiger partial charge in [0, 0.05) is 15.6 Å². The van der Waals surface area contributed by atoms with Crippen LogP contribution < -0.4 is 5.73 Å². The molecule has 0 aliphatic heterocycles. The Hall–Kier alpha value is -1.33. The molecule has 0 saturated carbocycles. The van der Waals surface area contributed by atoms with Gasteiger partial charge in [-0.1, -0.05) is 28.1 Å². The van der Waals surface area contributed by atoms with E-state index in [2.05, 4.69) is 15.9 Å². The predicted molar refractivity (Wildman–Crippen MR) is 66.5 cm³/mol. The normalized spacial score (nSPS) is 12.5. The van der Waals surface area contributed by atoms with Crippen LogP contribution in [-0.4, -0.2) is 0 Å². The second kappa shape index (κ2) is 5.12. The zero-order valence-electron chi connectivity index (χ0n) is 9.13. The molecule has 2 rings (SSSR count). The Morgan fingerprint density at radius 3 is 1.78 bits per heavy atom. The summed E-state index contributed by atoms with van der Waals surface area (Å²) in [5.74, 6) is -2.20. The standard InChI is InChI=1S/C13H9BrF3N/c14-7-3-1-4-8(15)11(7)13(18)12-9(16)5-2-6-10(12)17/h1-6,13H,18H2. The molecule has 0 aliphatic carbocycles. The summed E-state index contributed by atoms with van der Waals surface area (Å²) in [5, 5.41) is 0. The van der Waals surface area contributed by atoms with Crippen molar-refractivity contribution >= 4 is 15.9 Å². The van der Waals surface area contributed by atoms with Gasteiger partial charge < -0.3 is 5.73 Å². The quantitative estimate of drug-likeness (QED) is 0.893. The van der Waals surface area contributed by atoms with E-state index in [-0.39, 0.29) is 11.1 Å². The highest BCUT2D eigenvalue weighted by molar-refractivity contribution is 9.10. The average Bonchev–Trinajstić information content (AvgIpc) is 2.28. The van der Waals surface area contributed by atoms with E-state index in [0.717, 1.165) is 12.1 Å². The van der Waals surface area contributed by atoms with Gasteiger partial charge in [0.2, 0.25) is 0 Å². The summed E-state index contributed by atoms with van der Waals surface area (Å²) in [6.45, 7) is 0. The largest absolute Gasteiger partial charge is 0.320 e. The lowest BCUT2D eigenvalue weighted by molar-refractivity contribution is 0.532. The van der Waals surface area contributed by atoms with E-state index in [0.29, 0.717) is 4.47 Å². The topological polar surface area (TPSA) is 26.0 Å². The van der Waals surface area contributed by atoms with Gasteiger partial charge in [0.05, 0.1) is 6.04 Å². The van der Waals surface area contributed by atoms with Crippen molar-refractivity contribution in [3.05, 3.63) is 69.4 Å². The summed E-state index contributed by atoms with van der Waals surface area (Å²) in [6.07, 6.45) is 0. The van der Waals surface area contributed by atoms with Crippen molar-refractivity contribution in [2.75, 3.05) is 0 Å². The lowest BCUT2D eigenvalue weighted by atomic mass is 9.98. The van der Waals surface area contributed by atoms with Gasteiger partial charge in [-0.2, -0.15) is 0 Å². The summed E-state index contributed by atoms with van der Waals surface area (Å²) in [7, 11) is 0. The van der Waals surface area contributed by atoms with E-state index in [1.165, 1.54) is 18.2 Å². The zero-order chi connectivity index (χ0) is 13.3. The Morgan fingerprint density at radius 2 is 1.28 bits per heavy atom. The molecule has 0 radical (unpaired) electrons. The number of rotatable bonds is 2. The molecule has 2 aromatic rings. The first-order chi connectivity index (χ1) is 8.52. The van der Waals surface area contributed by atoms with Crippen molar-refractivity contribution in [1.29, 1.82) is 0 Å². The van der Waals surface area contributed by atoms with Gasteiger partial charge in [0.15, 0.2) is 0 Å². The maximum atomic E-state index is 13.7. The Kier molecular flexibility index (Phi) is 3.73. The Labute approximate surface area is 111 Å². The summed E-state index contributed by atoms with van der Waals surface area (Å²) >= 11 is 3.13. The average molecular weight is 316 g/mol. The number of nitrogens with two attached hydrogens (primary N) is 1. The first kappa shape index (κ1) is 13.1. The van der Waals surface area contributed by atoms with E-state index in [1.54, 1.807) is 6.07 Å². The third-order valence-corrected chi connectivity index (χ3v) is 3.31. The smallest absolute Gasteiger partial charge is 0.131 e. The molecular weight excluding hydrogens is 307 g/mol. The highest BCUT2D eigenvalue weighted by Crippen LogP contribution is 2.31. The van der Waals surface area contributed by atoms with Crippen LogP contribution in [0.5, 0.6) is 0 Å². The van der Waals surface area contributed by atoms with Crippen LogP contribution in [0.1, 0.15) is 17.2 Å². The fourth-order valence-electron chi connectivity index (χ4n) is 1.76. The fourth-order valence-corrected chi connectivity index (χ4v) is 2.35. The minimum Gasteiger partial charge on any atom is -0.320 e. The fraction of sp³-hybridized carbons (Fsp3) is 0.0769. The Morgan fingerprint density at radius 1 is 0.833 bits per heavy atom. The van der Waals surface area contributed by atoms with Crippen molar-refractivity contribution in [2.24, 2.45) is 5.73 Å². The van der Waals surface area contributed by atoms with E-state index >= 15 is 0 Å². The lowest BCUT2D eigenvalue weighted by Crippen LogP contribution is -2.17. The van der Waals surface area contributed by atoms with Gasteiger partial charge in [-0.15, -0.1) is 0 Å². The monoisotopic (exact) mass is 315 g/mol. The molecule has 0 saturated heterocycles. The molecule has 5 heteroatoms. The summed E-state index contributed by atoms with van der Waals surface area (Å²) in [4.78, 5) is 0. The molecule has 1 atom stereocenters. The zero-order valence-corrected chi connectivity index (χ0v) is 10.7. The van der Waals surface area contributed by atoms with Crippen LogP contribution in [0.3, 0.4) is 0 Å².